The van der Waals surface area contributed by atoms with Gasteiger partial charge in [-0.2, -0.15) is 18.3 Å². The van der Waals surface area contributed by atoms with Crippen LogP contribution in [0, 0.1) is 12.4 Å². The lowest BCUT2D eigenvalue weighted by Crippen LogP contribution is -2.33. The monoisotopic (exact) mass is 361 g/mol. The van der Waals surface area contributed by atoms with Gasteiger partial charge in [-0.1, -0.05) is 0 Å². The highest BCUT2D eigenvalue weighted by Gasteiger charge is 2.51. The van der Waals surface area contributed by atoms with E-state index in [1.807, 2.05) is 0 Å². The van der Waals surface area contributed by atoms with E-state index in [1.54, 1.807) is 0 Å². The zero-order chi connectivity index (χ0) is 18.6. The summed E-state index contributed by atoms with van der Waals surface area (Å²) >= 11 is 0. The van der Waals surface area contributed by atoms with Crippen LogP contribution in [0.15, 0.2) is 18.2 Å². The van der Waals surface area contributed by atoms with Gasteiger partial charge in [-0.15, -0.1) is 0 Å². The quantitative estimate of drug-likeness (QED) is 0.611. The largest absolute Gasteiger partial charge is 0.435 e. The molecule has 0 spiro atoms. The third-order valence-corrected chi connectivity index (χ3v) is 3.90. The number of halogens is 6. The van der Waals surface area contributed by atoms with Crippen molar-refractivity contribution >= 4 is 5.69 Å². The summed E-state index contributed by atoms with van der Waals surface area (Å²) in [6.07, 6.45) is -9.13. The maximum atomic E-state index is 13.7. The van der Waals surface area contributed by atoms with Crippen LogP contribution in [-0.2, 0) is 12.6 Å². The lowest BCUT2D eigenvalue weighted by atomic mass is 9.89. The Kier molecular flexibility index (Phi) is 3.79. The number of benzene rings is 1. The van der Waals surface area contributed by atoms with E-state index in [2.05, 4.69) is 9.94 Å². The van der Waals surface area contributed by atoms with E-state index >= 15 is 0 Å². The smallest absolute Gasteiger partial charge is 0.382 e. The van der Waals surface area contributed by atoms with Crippen molar-refractivity contribution in [3.8, 4) is 5.69 Å². The molecule has 3 rings (SSSR count). The van der Waals surface area contributed by atoms with Gasteiger partial charge in [0.1, 0.15) is 11.9 Å². The molecule has 1 atom stereocenters. The highest BCUT2D eigenvalue weighted by Crippen LogP contribution is 2.47. The number of alkyl halides is 5. The number of hydrogen-bond acceptors (Lipinski definition) is 2. The molecule has 0 saturated heterocycles. The minimum absolute atomic E-state index is 0.186. The Morgan fingerprint density at radius 2 is 1.96 bits per heavy atom. The van der Waals surface area contributed by atoms with Gasteiger partial charge in [0.05, 0.1) is 18.0 Å². The van der Waals surface area contributed by atoms with E-state index in [4.69, 9.17) is 6.57 Å². The number of aromatic nitrogens is 2. The van der Waals surface area contributed by atoms with Gasteiger partial charge in [0, 0.05) is 12.0 Å². The molecule has 2 aromatic rings. The molecular formula is C15H9F6N3O. The summed E-state index contributed by atoms with van der Waals surface area (Å²) in [5.41, 5.74) is -3.35. The first-order valence-corrected chi connectivity index (χ1v) is 6.98. The normalized spacial score (nSPS) is 19.4. The Morgan fingerprint density at radius 3 is 2.56 bits per heavy atom. The minimum Gasteiger partial charge on any atom is -0.382 e. The molecule has 1 aromatic carbocycles. The van der Waals surface area contributed by atoms with Crippen LogP contribution in [-0.4, -0.2) is 20.8 Å². The van der Waals surface area contributed by atoms with E-state index in [0.717, 1.165) is 18.2 Å². The summed E-state index contributed by atoms with van der Waals surface area (Å²) in [7, 11) is 0. The topological polar surface area (TPSA) is 42.4 Å². The average Bonchev–Trinajstić information content (AvgIpc) is 2.90. The zero-order valence-electron chi connectivity index (χ0n) is 12.3. The number of hydrogen-bond donors (Lipinski definition) is 1. The third-order valence-electron chi connectivity index (χ3n) is 3.90. The van der Waals surface area contributed by atoms with Gasteiger partial charge in [-0.25, -0.2) is 22.7 Å². The van der Waals surface area contributed by atoms with Gasteiger partial charge in [0.25, 0.3) is 5.92 Å². The lowest BCUT2D eigenvalue weighted by Gasteiger charge is -2.28. The Morgan fingerprint density at radius 1 is 1.28 bits per heavy atom. The second kappa shape index (κ2) is 5.49. The summed E-state index contributed by atoms with van der Waals surface area (Å²) in [6, 6.07) is 2.80. The van der Waals surface area contributed by atoms with Crippen molar-refractivity contribution in [2.24, 2.45) is 0 Å². The van der Waals surface area contributed by atoms with Crippen molar-refractivity contribution < 1.29 is 31.4 Å². The lowest BCUT2D eigenvalue weighted by molar-refractivity contribution is -0.150. The molecule has 1 aliphatic rings. The summed E-state index contributed by atoms with van der Waals surface area (Å²) in [6.45, 7) is 6.89. The number of fused-ring (bicyclic) bond motifs is 1. The van der Waals surface area contributed by atoms with Crippen LogP contribution in [0.3, 0.4) is 0 Å². The van der Waals surface area contributed by atoms with Crippen LogP contribution in [0.2, 0.25) is 0 Å². The molecule has 0 amide bonds. The Hall–Kier alpha value is -2.54. The van der Waals surface area contributed by atoms with Crippen molar-refractivity contribution in [1.29, 1.82) is 0 Å². The predicted molar refractivity (Wildman–Crippen MR) is 73.0 cm³/mol. The molecule has 1 aliphatic carbocycles. The van der Waals surface area contributed by atoms with Crippen molar-refractivity contribution in [3.63, 3.8) is 0 Å². The molecule has 1 unspecified atom stereocenters. The Bertz CT molecular complexity index is 881. The minimum atomic E-state index is -5.08. The van der Waals surface area contributed by atoms with E-state index < -0.39 is 48.1 Å². The second-order valence-electron chi connectivity index (χ2n) is 5.56. The molecule has 0 fully saturated rings. The van der Waals surface area contributed by atoms with E-state index in [-0.39, 0.29) is 17.1 Å². The van der Waals surface area contributed by atoms with Gasteiger partial charge in [0.15, 0.2) is 11.4 Å². The molecule has 1 aromatic heterocycles. The third kappa shape index (κ3) is 2.84. The van der Waals surface area contributed by atoms with Gasteiger partial charge >= 0.3 is 6.18 Å². The first-order chi connectivity index (χ1) is 11.5. The van der Waals surface area contributed by atoms with E-state index in [1.165, 1.54) is 0 Å². The molecule has 1 heterocycles. The second-order valence-corrected chi connectivity index (χ2v) is 5.56. The average molecular weight is 361 g/mol. The first-order valence-electron chi connectivity index (χ1n) is 6.98. The van der Waals surface area contributed by atoms with Crippen molar-refractivity contribution in [2.45, 2.75) is 31.0 Å². The summed E-state index contributed by atoms with van der Waals surface area (Å²) in [4.78, 5) is 3.00. The molecule has 132 valence electrons. The van der Waals surface area contributed by atoms with Crippen LogP contribution >= 0.6 is 0 Å². The fraction of sp³-hybridized carbons (Fsp3) is 0.333. The predicted octanol–water partition coefficient (Wildman–Crippen LogP) is 4.20. The van der Waals surface area contributed by atoms with Crippen molar-refractivity contribution in [2.75, 3.05) is 0 Å². The van der Waals surface area contributed by atoms with Gasteiger partial charge in [-0.05, 0) is 24.6 Å². The fourth-order valence-corrected chi connectivity index (χ4v) is 2.79. The molecule has 0 aliphatic heterocycles. The maximum absolute atomic E-state index is 13.7. The summed E-state index contributed by atoms with van der Waals surface area (Å²) < 4.78 is 81.2. The molecule has 1 N–H and O–H groups in total. The zero-order valence-corrected chi connectivity index (χ0v) is 12.3. The van der Waals surface area contributed by atoms with Gasteiger partial charge in [-0.3, -0.25) is 0 Å². The number of aliphatic hydroxyl groups excluding tert-OH is 1. The first kappa shape index (κ1) is 17.3. The maximum Gasteiger partial charge on any atom is 0.435 e. The fourth-order valence-electron chi connectivity index (χ4n) is 2.79. The summed E-state index contributed by atoms with van der Waals surface area (Å²) in [5.74, 6) is -4.62. The highest BCUT2D eigenvalue weighted by atomic mass is 19.4. The molecule has 4 nitrogen and oxygen atoms in total. The standard InChI is InChI=1S/C15H9F6N3O/c1-22-8-4-7(16)5-9(6-8)24-10-2-3-14(17,18)13(25)11(10)12(23-24)15(19,20)21/h4-6,13,25H,2-3H2. The van der Waals surface area contributed by atoms with Crippen LogP contribution in [0.1, 0.15) is 29.5 Å². The Balaban J connectivity index is 2.28. The number of aliphatic hydroxyl groups is 1. The van der Waals surface area contributed by atoms with Crippen molar-refractivity contribution in [3.05, 3.63) is 52.4 Å². The number of rotatable bonds is 1. The molecule has 25 heavy (non-hydrogen) atoms. The van der Waals surface area contributed by atoms with E-state index in [9.17, 15) is 31.4 Å². The van der Waals surface area contributed by atoms with Crippen LogP contribution in [0.5, 0.6) is 0 Å². The van der Waals surface area contributed by atoms with Crippen LogP contribution < -0.4 is 0 Å². The van der Waals surface area contributed by atoms with Crippen LogP contribution in [0.25, 0.3) is 10.5 Å². The molecule has 0 radical (unpaired) electrons. The van der Waals surface area contributed by atoms with Gasteiger partial charge < -0.3 is 5.11 Å². The number of nitrogens with zero attached hydrogens (tertiary/aromatic N) is 3. The summed E-state index contributed by atoms with van der Waals surface area (Å²) in [5, 5.41) is 13.0. The Labute approximate surface area is 137 Å². The molecule has 10 heteroatoms. The molecule has 0 bridgehead atoms. The van der Waals surface area contributed by atoms with Crippen LogP contribution in [0.4, 0.5) is 32.0 Å². The SMILES string of the molecule is [C-]#[N+]c1cc(F)cc(-n2nc(C(F)(F)F)c3c2CCC(F)(F)C3O)c1. The van der Waals surface area contributed by atoms with E-state index in [0.29, 0.717) is 4.68 Å². The highest BCUT2D eigenvalue weighted by molar-refractivity contribution is 5.53. The molecule has 0 saturated carbocycles. The van der Waals surface area contributed by atoms with Gasteiger partial charge in [0.2, 0.25) is 0 Å². The molecular weight excluding hydrogens is 352 g/mol. The van der Waals surface area contributed by atoms with Crippen molar-refractivity contribution in [1.82, 2.24) is 9.78 Å².